The van der Waals surface area contributed by atoms with E-state index in [4.69, 9.17) is 0 Å². The number of aromatic nitrogens is 1. The number of hydrogen-bond donors (Lipinski definition) is 0. The quantitative estimate of drug-likeness (QED) is 0.185. The van der Waals surface area contributed by atoms with Crippen molar-refractivity contribution in [3.63, 3.8) is 0 Å². The number of hydrogen-bond acceptors (Lipinski definition) is 4. The summed E-state index contributed by atoms with van der Waals surface area (Å²) in [6.45, 7) is 3.72. The number of imide groups is 1. The van der Waals surface area contributed by atoms with Gasteiger partial charge in [0.2, 0.25) is 0 Å². The monoisotopic (exact) mass is 516 g/mol. The first-order valence-corrected chi connectivity index (χ1v) is 12.5. The number of amides is 2. The number of nitrogens with zero attached hydrogens (tertiary/aromatic N) is 4. The zero-order valence-electron chi connectivity index (χ0n) is 21.2. The van der Waals surface area contributed by atoms with Crippen LogP contribution in [0.3, 0.4) is 0 Å². The van der Waals surface area contributed by atoms with Crippen molar-refractivity contribution in [1.29, 1.82) is 10.5 Å². The molecule has 6 rings (SSSR count). The molecule has 2 heterocycles. The molecule has 0 aliphatic carbocycles. The summed E-state index contributed by atoms with van der Waals surface area (Å²) in [4.78, 5) is 28.9. The van der Waals surface area contributed by atoms with Crippen LogP contribution < -0.4 is 4.90 Å². The Morgan fingerprint density at radius 2 is 1.52 bits per heavy atom. The van der Waals surface area contributed by atoms with Crippen LogP contribution >= 0.6 is 0 Å². The van der Waals surface area contributed by atoms with E-state index in [9.17, 15) is 20.1 Å². The summed E-state index contributed by atoms with van der Waals surface area (Å²) in [5, 5.41) is 20.9. The van der Waals surface area contributed by atoms with Crippen molar-refractivity contribution in [3.8, 4) is 29.0 Å². The smallest absolute Gasteiger partial charge is 0.268 e. The van der Waals surface area contributed by atoms with Gasteiger partial charge in [-0.15, -0.1) is 0 Å². The Hall–Kier alpha value is -5.98. The number of benzene rings is 4. The van der Waals surface area contributed by atoms with E-state index in [1.807, 2.05) is 54.6 Å². The van der Waals surface area contributed by atoms with Crippen molar-refractivity contribution in [2.75, 3.05) is 4.90 Å². The third kappa shape index (κ3) is 3.64. The van der Waals surface area contributed by atoms with Gasteiger partial charge in [0.25, 0.3) is 11.8 Å². The maximum absolute atomic E-state index is 14.0. The van der Waals surface area contributed by atoms with Crippen LogP contribution in [0.4, 0.5) is 5.69 Å². The van der Waals surface area contributed by atoms with Crippen molar-refractivity contribution >= 4 is 34.5 Å². The minimum Gasteiger partial charge on any atom is -0.298 e. The molecule has 6 nitrogen and oxygen atoms in total. The van der Waals surface area contributed by atoms with Gasteiger partial charge in [-0.3, -0.25) is 14.2 Å². The normalized spacial score (nSPS) is 12.5. The highest BCUT2D eigenvalue weighted by molar-refractivity contribution is 6.35. The first-order chi connectivity index (χ1) is 19.6. The fraction of sp³-hybridized carbons (Fsp3) is 0. The lowest BCUT2D eigenvalue weighted by molar-refractivity contribution is 0.0926. The number of carbonyl (C=O) groups excluding carboxylic acids is 2. The Balaban J connectivity index is 1.58. The van der Waals surface area contributed by atoms with Crippen LogP contribution in [0.2, 0.25) is 0 Å². The fourth-order valence-electron chi connectivity index (χ4n) is 5.28. The summed E-state index contributed by atoms with van der Waals surface area (Å²) >= 11 is 0. The SMILES string of the molecule is C=C/C=C\c1c(C#N)n(-c2cccc3c2C(=O)N(c2cccc(-c4ccccc4)c2)C3=O)c2c(C#N)cccc12. The lowest BCUT2D eigenvalue weighted by Gasteiger charge is -2.16. The molecule has 0 unspecified atom stereocenters. The maximum Gasteiger partial charge on any atom is 0.268 e. The highest BCUT2D eigenvalue weighted by Gasteiger charge is 2.39. The van der Waals surface area contributed by atoms with Crippen LogP contribution in [0.5, 0.6) is 0 Å². The molecule has 0 radical (unpaired) electrons. The average molecular weight is 517 g/mol. The topological polar surface area (TPSA) is 89.9 Å². The molecule has 0 atom stereocenters. The molecular formula is C34H20N4O2. The molecule has 188 valence electrons. The molecule has 4 aromatic carbocycles. The van der Waals surface area contributed by atoms with Crippen LogP contribution in [0.1, 0.15) is 37.5 Å². The molecular weight excluding hydrogens is 496 g/mol. The van der Waals surface area contributed by atoms with Crippen molar-refractivity contribution in [3.05, 3.63) is 138 Å². The van der Waals surface area contributed by atoms with E-state index in [-0.39, 0.29) is 16.8 Å². The molecule has 0 saturated carbocycles. The lowest BCUT2D eigenvalue weighted by Crippen LogP contribution is -2.29. The van der Waals surface area contributed by atoms with Crippen LogP contribution in [-0.2, 0) is 0 Å². The zero-order valence-corrected chi connectivity index (χ0v) is 21.2. The standard InChI is InChI=1S/C34H20N4O2/c1-2-3-15-26-27-16-8-13-24(20-35)32(27)38(30(26)21-36)29-18-9-17-28-31(29)34(40)37(33(28)39)25-14-7-12-23(19-25)22-10-5-4-6-11-22/h2-19H,1H2/b15-3-. The van der Waals surface area contributed by atoms with Gasteiger partial charge < -0.3 is 0 Å². The average Bonchev–Trinajstić information content (AvgIpc) is 3.46. The van der Waals surface area contributed by atoms with Gasteiger partial charge in [-0.1, -0.05) is 85.5 Å². The van der Waals surface area contributed by atoms with Gasteiger partial charge in [0.05, 0.1) is 33.6 Å². The second kappa shape index (κ2) is 9.72. The van der Waals surface area contributed by atoms with E-state index in [0.29, 0.717) is 33.4 Å². The second-order valence-corrected chi connectivity index (χ2v) is 9.18. The summed E-state index contributed by atoms with van der Waals surface area (Å²) in [6, 6.07) is 31.7. The van der Waals surface area contributed by atoms with Gasteiger partial charge in [-0.05, 0) is 41.5 Å². The van der Waals surface area contributed by atoms with Gasteiger partial charge >= 0.3 is 0 Å². The van der Waals surface area contributed by atoms with Crippen molar-refractivity contribution < 1.29 is 9.59 Å². The number of nitriles is 2. The Morgan fingerprint density at radius 3 is 2.27 bits per heavy atom. The lowest BCUT2D eigenvalue weighted by atomic mass is 10.0. The predicted molar refractivity (Wildman–Crippen MR) is 155 cm³/mol. The molecule has 0 N–H and O–H groups in total. The molecule has 0 bridgehead atoms. The Kier molecular flexibility index (Phi) is 5.92. The largest absolute Gasteiger partial charge is 0.298 e. The minimum absolute atomic E-state index is 0.179. The van der Waals surface area contributed by atoms with E-state index in [1.165, 1.54) is 4.90 Å². The second-order valence-electron chi connectivity index (χ2n) is 9.18. The summed E-state index contributed by atoms with van der Waals surface area (Å²) in [5.74, 6) is -0.946. The molecule has 0 saturated heterocycles. The molecule has 1 aliphatic rings. The molecule has 0 spiro atoms. The van der Waals surface area contributed by atoms with Crippen LogP contribution in [0.25, 0.3) is 33.8 Å². The zero-order chi connectivity index (χ0) is 27.8. The number of fused-ring (bicyclic) bond motifs is 2. The van der Waals surface area contributed by atoms with Gasteiger partial charge in [0.15, 0.2) is 0 Å². The van der Waals surface area contributed by atoms with E-state index in [0.717, 1.165) is 11.1 Å². The van der Waals surface area contributed by atoms with Gasteiger partial charge in [0, 0.05) is 10.9 Å². The summed E-state index contributed by atoms with van der Waals surface area (Å²) in [6.07, 6.45) is 5.07. The number of para-hydroxylation sites is 1. The van der Waals surface area contributed by atoms with Crippen molar-refractivity contribution in [1.82, 2.24) is 4.57 Å². The molecule has 5 aromatic rings. The molecule has 40 heavy (non-hydrogen) atoms. The number of anilines is 1. The van der Waals surface area contributed by atoms with E-state index >= 15 is 0 Å². The first kappa shape index (κ1) is 24.4. The molecule has 6 heteroatoms. The van der Waals surface area contributed by atoms with Gasteiger partial charge in [0.1, 0.15) is 17.8 Å². The molecule has 0 fully saturated rings. The van der Waals surface area contributed by atoms with Gasteiger partial charge in [-0.2, -0.15) is 10.5 Å². The molecule has 1 aromatic heterocycles. The van der Waals surface area contributed by atoms with Gasteiger partial charge in [-0.25, -0.2) is 4.90 Å². The third-order valence-corrected chi connectivity index (χ3v) is 7.00. The number of allylic oxidation sites excluding steroid dienone is 2. The third-order valence-electron chi connectivity index (χ3n) is 7.00. The van der Waals surface area contributed by atoms with E-state index in [2.05, 4.69) is 18.7 Å². The fourth-order valence-corrected chi connectivity index (χ4v) is 5.28. The van der Waals surface area contributed by atoms with Crippen molar-refractivity contribution in [2.45, 2.75) is 0 Å². The number of rotatable bonds is 5. The summed E-state index contributed by atoms with van der Waals surface area (Å²) < 4.78 is 1.62. The summed E-state index contributed by atoms with van der Waals surface area (Å²) in [5.41, 5.74) is 4.72. The van der Waals surface area contributed by atoms with Crippen molar-refractivity contribution in [2.24, 2.45) is 0 Å². The Bertz CT molecular complexity index is 1980. The van der Waals surface area contributed by atoms with E-state index in [1.54, 1.807) is 59.2 Å². The van der Waals surface area contributed by atoms with Crippen LogP contribution in [0, 0.1) is 22.7 Å². The Labute approximate surface area is 230 Å². The summed E-state index contributed by atoms with van der Waals surface area (Å²) in [7, 11) is 0. The van der Waals surface area contributed by atoms with Crippen LogP contribution in [-0.4, -0.2) is 16.4 Å². The Morgan fingerprint density at radius 1 is 0.775 bits per heavy atom. The molecule has 2 amide bonds. The highest BCUT2D eigenvalue weighted by atomic mass is 16.2. The first-order valence-electron chi connectivity index (χ1n) is 12.5. The highest BCUT2D eigenvalue weighted by Crippen LogP contribution is 2.38. The van der Waals surface area contributed by atoms with E-state index < -0.39 is 11.8 Å². The van der Waals surface area contributed by atoms with Crippen LogP contribution in [0.15, 0.2) is 110 Å². The predicted octanol–water partition coefficient (Wildman–Crippen LogP) is 7.04. The molecule has 1 aliphatic heterocycles. The minimum atomic E-state index is -0.496. The maximum atomic E-state index is 14.0. The number of carbonyl (C=O) groups is 2.